The van der Waals surface area contributed by atoms with Gasteiger partial charge in [0, 0.05) is 28.4 Å². The Kier molecular flexibility index (Phi) is 7.01. The molecule has 0 aliphatic carbocycles. The van der Waals surface area contributed by atoms with Crippen molar-refractivity contribution in [2.24, 2.45) is 0 Å². The summed E-state index contributed by atoms with van der Waals surface area (Å²) in [6, 6.07) is 26.5. The molecule has 4 aliphatic rings. The van der Waals surface area contributed by atoms with Gasteiger partial charge in [-0.25, -0.2) is 9.50 Å². The fourth-order valence-corrected chi connectivity index (χ4v) is 4.60. The van der Waals surface area contributed by atoms with Crippen LogP contribution < -0.4 is 14.8 Å². The van der Waals surface area contributed by atoms with Crippen molar-refractivity contribution < 1.29 is 14.3 Å². The molecule has 0 saturated carbocycles. The Morgan fingerprint density at radius 1 is 0.821 bits per heavy atom. The van der Waals surface area contributed by atoms with Crippen molar-refractivity contribution in [2.75, 3.05) is 31.6 Å². The summed E-state index contributed by atoms with van der Waals surface area (Å²) in [6.45, 7) is 1.79. The van der Waals surface area contributed by atoms with Gasteiger partial charge < -0.3 is 19.7 Å². The number of nitrogens with one attached hydrogen (secondary N) is 1. The van der Waals surface area contributed by atoms with Crippen molar-refractivity contribution in [3.63, 3.8) is 0 Å². The average molecular weight is 540 g/mol. The summed E-state index contributed by atoms with van der Waals surface area (Å²) in [5, 5.41) is 8.55. The summed E-state index contributed by atoms with van der Waals surface area (Å²) < 4.78 is 13.8. The van der Waals surface area contributed by atoms with Crippen LogP contribution in [-0.4, -0.2) is 51.7 Å². The highest BCUT2D eigenvalue weighted by molar-refractivity contribution is 6.30. The molecule has 8 nitrogen and oxygen atoms in total. The molecule has 0 radical (unpaired) electrons. The van der Waals surface area contributed by atoms with E-state index in [1.165, 1.54) is 0 Å². The molecule has 39 heavy (non-hydrogen) atoms. The lowest BCUT2D eigenvalue weighted by Crippen LogP contribution is -2.36. The highest BCUT2D eigenvalue weighted by atomic mass is 35.5. The molecular weight excluding hydrogens is 514 g/mol. The van der Waals surface area contributed by atoms with Crippen LogP contribution in [0.5, 0.6) is 11.5 Å². The van der Waals surface area contributed by atoms with E-state index in [1.807, 2.05) is 65.2 Å². The van der Waals surface area contributed by atoms with E-state index in [0.29, 0.717) is 49.3 Å². The normalized spacial score (nSPS) is 13.9. The Bertz CT molecular complexity index is 1580. The SMILES string of the molecule is O=C(c1ccc(Cl)cc1)N1CCCOc2ccc(cc2)Nc2ncc3ccc(n3n2)-c2ccc(cc2)OCC1. The van der Waals surface area contributed by atoms with E-state index >= 15 is 0 Å². The van der Waals surface area contributed by atoms with Gasteiger partial charge in [0.2, 0.25) is 5.95 Å². The van der Waals surface area contributed by atoms with Crippen molar-refractivity contribution >= 4 is 34.7 Å². The molecular formula is C30H26ClN5O3. The van der Waals surface area contributed by atoms with Crippen LogP contribution in [-0.2, 0) is 0 Å². The van der Waals surface area contributed by atoms with E-state index in [9.17, 15) is 4.79 Å². The maximum atomic E-state index is 13.3. The quantitative estimate of drug-likeness (QED) is 0.277. The third kappa shape index (κ3) is 5.66. The van der Waals surface area contributed by atoms with Crippen LogP contribution in [0.25, 0.3) is 16.8 Å². The maximum absolute atomic E-state index is 13.3. The second kappa shape index (κ2) is 11.0. The summed E-state index contributed by atoms with van der Waals surface area (Å²) in [7, 11) is 0. The van der Waals surface area contributed by atoms with E-state index in [2.05, 4.69) is 10.3 Å². The minimum atomic E-state index is -0.0699. The van der Waals surface area contributed by atoms with Crippen LogP contribution in [0.3, 0.4) is 0 Å². The first-order valence-corrected chi connectivity index (χ1v) is 13.1. The number of aromatic nitrogens is 3. The van der Waals surface area contributed by atoms with Crippen LogP contribution in [0.15, 0.2) is 91.1 Å². The van der Waals surface area contributed by atoms with E-state index in [4.69, 9.17) is 26.2 Å². The van der Waals surface area contributed by atoms with Gasteiger partial charge in [0.05, 0.1) is 30.6 Å². The third-order valence-electron chi connectivity index (χ3n) is 6.51. The molecule has 2 aromatic heterocycles. The lowest BCUT2D eigenvalue weighted by Gasteiger charge is -2.23. The van der Waals surface area contributed by atoms with Crippen molar-refractivity contribution in [2.45, 2.75) is 6.42 Å². The first-order valence-electron chi connectivity index (χ1n) is 12.8. The standard InChI is InChI=1S/C30H26ClN5O3/c31-23-6-2-22(3-7-23)29(37)35-16-1-18-38-27-13-8-24(9-14-27)33-30-32-20-25-10-15-28(36(25)34-30)21-4-11-26(12-5-21)39-19-17-35/h2-15,20H,1,16-19H2,(H,33,34). The Balaban J connectivity index is 1.27. The molecule has 0 saturated heterocycles. The van der Waals surface area contributed by atoms with Crippen molar-refractivity contribution in [1.29, 1.82) is 0 Å². The van der Waals surface area contributed by atoms with Gasteiger partial charge in [-0.05, 0) is 91.3 Å². The summed E-state index contributed by atoms with van der Waals surface area (Å²) in [5.74, 6) is 1.90. The summed E-state index contributed by atoms with van der Waals surface area (Å²) in [6.07, 6.45) is 2.46. The van der Waals surface area contributed by atoms with Crippen LogP contribution in [0.4, 0.5) is 11.6 Å². The molecule has 5 aromatic rings. The molecule has 0 unspecified atom stereocenters. The number of halogens is 1. The fraction of sp³-hybridized carbons (Fsp3) is 0.167. The van der Waals surface area contributed by atoms with Gasteiger partial charge >= 0.3 is 0 Å². The lowest BCUT2D eigenvalue weighted by molar-refractivity contribution is 0.0720. The summed E-state index contributed by atoms with van der Waals surface area (Å²) >= 11 is 6.02. The van der Waals surface area contributed by atoms with Crippen LogP contribution >= 0.6 is 11.6 Å². The number of hydrogen-bond donors (Lipinski definition) is 1. The summed E-state index contributed by atoms with van der Waals surface area (Å²) in [5.41, 5.74) is 4.27. The van der Waals surface area contributed by atoms with E-state index in [1.54, 1.807) is 35.4 Å². The van der Waals surface area contributed by atoms with Gasteiger partial charge in [-0.3, -0.25) is 4.79 Å². The number of ether oxygens (including phenoxy) is 2. The number of hydrogen-bond acceptors (Lipinski definition) is 6. The maximum Gasteiger partial charge on any atom is 0.253 e. The first kappa shape index (κ1) is 24.8. The Morgan fingerprint density at radius 2 is 1.54 bits per heavy atom. The van der Waals surface area contributed by atoms with Crippen molar-refractivity contribution in [3.05, 3.63) is 102 Å². The van der Waals surface area contributed by atoms with Gasteiger partial charge in [0.1, 0.15) is 18.1 Å². The number of benzene rings is 3. The molecule has 0 atom stereocenters. The minimum Gasteiger partial charge on any atom is -0.494 e. The van der Waals surface area contributed by atoms with Gasteiger partial charge in [-0.1, -0.05) is 11.6 Å². The Labute approximate surface area is 230 Å². The molecule has 6 bridgehead atoms. The number of carbonyl (C=O) groups excluding carboxylic acids is 1. The molecule has 196 valence electrons. The zero-order valence-corrected chi connectivity index (χ0v) is 21.8. The van der Waals surface area contributed by atoms with Crippen LogP contribution in [0, 0.1) is 0 Å². The number of nitrogens with zero attached hydrogens (tertiary/aromatic N) is 4. The van der Waals surface area contributed by atoms with Crippen molar-refractivity contribution in [3.8, 4) is 22.8 Å². The first-order chi connectivity index (χ1) is 19.1. The number of anilines is 2. The zero-order valence-electron chi connectivity index (χ0n) is 21.1. The molecule has 9 heteroatoms. The lowest BCUT2D eigenvalue weighted by atomic mass is 10.1. The Morgan fingerprint density at radius 3 is 2.31 bits per heavy atom. The van der Waals surface area contributed by atoms with E-state index < -0.39 is 0 Å². The predicted molar refractivity (Wildman–Crippen MR) is 151 cm³/mol. The largest absolute Gasteiger partial charge is 0.494 e. The highest BCUT2D eigenvalue weighted by Gasteiger charge is 2.16. The zero-order chi connectivity index (χ0) is 26.6. The molecule has 1 amide bonds. The van der Waals surface area contributed by atoms with Gasteiger partial charge in [-0.15, -0.1) is 5.10 Å². The number of amides is 1. The van der Waals surface area contributed by atoms with E-state index in [0.717, 1.165) is 34.0 Å². The highest BCUT2D eigenvalue weighted by Crippen LogP contribution is 2.25. The molecule has 4 aliphatic heterocycles. The van der Waals surface area contributed by atoms with Crippen LogP contribution in [0.2, 0.25) is 5.02 Å². The summed E-state index contributed by atoms with van der Waals surface area (Å²) in [4.78, 5) is 19.5. The third-order valence-corrected chi connectivity index (χ3v) is 6.76. The number of rotatable bonds is 1. The van der Waals surface area contributed by atoms with Crippen LogP contribution in [0.1, 0.15) is 16.8 Å². The number of carbonyl (C=O) groups is 1. The predicted octanol–water partition coefficient (Wildman–Crippen LogP) is 6.10. The van der Waals surface area contributed by atoms with Crippen molar-refractivity contribution in [1.82, 2.24) is 19.5 Å². The molecule has 9 rings (SSSR count). The molecule has 1 N–H and O–H groups in total. The molecule has 3 aromatic carbocycles. The molecule has 0 spiro atoms. The molecule has 6 heterocycles. The monoisotopic (exact) mass is 539 g/mol. The topological polar surface area (TPSA) is 81.0 Å². The van der Waals surface area contributed by atoms with Gasteiger partial charge in [0.15, 0.2) is 0 Å². The van der Waals surface area contributed by atoms with E-state index in [-0.39, 0.29) is 5.91 Å². The second-order valence-electron chi connectivity index (χ2n) is 9.16. The smallest absolute Gasteiger partial charge is 0.253 e. The van der Waals surface area contributed by atoms with Gasteiger partial charge in [0.25, 0.3) is 5.91 Å². The molecule has 0 fully saturated rings. The fourth-order valence-electron chi connectivity index (χ4n) is 4.47. The average Bonchev–Trinajstić information content (AvgIpc) is 3.38. The minimum absolute atomic E-state index is 0.0699. The Hall–Kier alpha value is -4.56. The van der Waals surface area contributed by atoms with Gasteiger partial charge in [-0.2, -0.15) is 0 Å². The second-order valence-corrected chi connectivity index (χ2v) is 9.60.